The summed E-state index contributed by atoms with van der Waals surface area (Å²) < 4.78 is 26.9. The highest BCUT2D eigenvalue weighted by Gasteiger charge is 2.45. The maximum atomic E-state index is 12.7. The molecule has 3 unspecified atom stereocenters. The zero-order valence-corrected chi connectivity index (χ0v) is 12.7. The Hall–Kier alpha value is -0.660. The van der Waals surface area contributed by atoms with E-state index in [-0.39, 0.29) is 0 Å². The summed E-state index contributed by atoms with van der Waals surface area (Å²) in [6, 6.07) is 0. The summed E-state index contributed by atoms with van der Waals surface area (Å²) in [7, 11) is -1.62. The van der Waals surface area contributed by atoms with Gasteiger partial charge >= 0.3 is 5.97 Å². The maximum Gasteiger partial charge on any atom is 0.307 e. The van der Waals surface area contributed by atoms with Gasteiger partial charge in [0.1, 0.15) is 0 Å². The van der Waals surface area contributed by atoms with Gasteiger partial charge in [-0.1, -0.05) is 6.42 Å². The lowest BCUT2D eigenvalue weighted by Crippen LogP contribution is -2.47. The molecule has 1 aliphatic carbocycles. The van der Waals surface area contributed by atoms with Crippen LogP contribution in [0.3, 0.4) is 0 Å². The molecule has 1 aliphatic heterocycles. The van der Waals surface area contributed by atoms with Crippen LogP contribution >= 0.6 is 0 Å². The molecule has 6 nitrogen and oxygen atoms in total. The average molecular weight is 304 g/mol. The van der Waals surface area contributed by atoms with Crippen LogP contribution in [-0.4, -0.2) is 55.7 Å². The summed E-state index contributed by atoms with van der Waals surface area (Å²) in [5.74, 6) is -1.38. The van der Waals surface area contributed by atoms with Crippen LogP contribution in [0.4, 0.5) is 0 Å². The minimum atomic E-state index is -3.48. The van der Waals surface area contributed by atoms with Crippen molar-refractivity contribution >= 4 is 16.0 Å². The zero-order chi connectivity index (χ0) is 14.8. The van der Waals surface area contributed by atoms with Crippen LogP contribution in [0.2, 0.25) is 0 Å². The smallest absolute Gasteiger partial charge is 0.307 e. The quantitative estimate of drug-likeness (QED) is 0.772. The van der Waals surface area contributed by atoms with Crippen molar-refractivity contribution < 1.29 is 18.3 Å². The number of nitrogens with one attached hydrogen (secondary N) is 1. The van der Waals surface area contributed by atoms with E-state index in [9.17, 15) is 18.3 Å². The van der Waals surface area contributed by atoms with Crippen LogP contribution in [0.25, 0.3) is 0 Å². The third kappa shape index (κ3) is 3.15. The Kier molecular flexibility index (Phi) is 5.04. The van der Waals surface area contributed by atoms with Crippen molar-refractivity contribution in [2.24, 2.45) is 11.8 Å². The fourth-order valence-electron chi connectivity index (χ4n) is 3.47. The highest BCUT2D eigenvalue weighted by atomic mass is 32.2. The van der Waals surface area contributed by atoms with Gasteiger partial charge in [-0.15, -0.1) is 0 Å². The highest BCUT2D eigenvalue weighted by Crippen LogP contribution is 2.34. The van der Waals surface area contributed by atoms with Gasteiger partial charge in [0.05, 0.1) is 11.2 Å². The summed E-state index contributed by atoms with van der Waals surface area (Å²) in [6.45, 7) is 1.86. The molecule has 0 amide bonds. The molecule has 0 bridgehead atoms. The van der Waals surface area contributed by atoms with Crippen LogP contribution in [0, 0.1) is 11.8 Å². The van der Waals surface area contributed by atoms with Gasteiger partial charge in [0.15, 0.2) is 0 Å². The predicted molar refractivity (Wildman–Crippen MR) is 75.9 cm³/mol. The number of piperidine rings is 1. The first kappa shape index (κ1) is 15.7. The first-order valence-electron chi connectivity index (χ1n) is 7.33. The van der Waals surface area contributed by atoms with Gasteiger partial charge in [-0.05, 0) is 45.2 Å². The fraction of sp³-hybridized carbons (Fsp3) is 0.923. The largest absolute Gasteiger partial charge is 0.481 e. The molecule has 7 heteroatoms. The Morgan fingerprint density at radius 3 is 2.70 bits per heavy atom. The van der Waals surface area contributed by atoms with Gasteiger partial charge in [-0.2, -0.15) is 0 Å². The molecular formula is C13H24N2O4S. The van der Waals surface area contributed by atoms with Crippen LogP contribution < -0.4 is 5.32 Å². The molecule has 2 aliphatic rings. The number of hydrogen-bond acceptors (Lipinski definition) is 4. The number of hydrogen-bond donors (Lipinski definition) is 2. The monoisotopic (exact) mass is 304 g/mol. The summed E-state index contributed by atoms with van der Waals surface area (Å²) >= 11 is 0. The van der Waals surface area contributed by atoms with E-state index in [2.05, 4.69) is 5.32 Å². The Morgan fingerprint density at radius 2 is 2.05 bits per heavy atom. The van der Waals surface area contributed by atoms with Crippen LogP contribution in [-0.2, 0) is 14.8 Å². The average Bonchev–Trinajstić information content (AvgIpc) is 2.89. The van der Waals surface area contributed by atoms with Crippen molar-refractivity contribution in [1.82, 2.24) is 9.62 Å². The number of rotatable bonds is 5. The Balaban J connectivity index is 2.11. The predicted octanol–water partition coefficient (Wildman–Crippen LogP) is 0.501. The van der Waals surface area contributed by atoms with E-state index in [1.165, 1.54) is 4.31 Å². The number of nitrogens with zero attached hydrogens (tertiary/aromatic N) is 1. The molecule has 0 aromatic carbocycles. The molecule has 1 heterocycles. The zero-order valence-electron chi connectivity index (χ0n) is 11.9. The SMILES string of the molecule is CNCC1CCCN(S(=O)(=O)C2CCCC2C(=O)O)C1. The Labute approximate surface area is 120 Å². The standard InChI is InChI=1S/C13H24N2O4S/c1-14-8-10-4-3-7-15(9-10)20(18,19)12-6-2-5-11(12)13(16)17/h10-12,14H,2-9H2,1H3,(H,16,17). The van der Waals surface area contributed by atoms with E-state index in [4.69, 9.17) is 0 Å². The molecule has 1 saturated heterocycles. The van der Waals surface area contributed by atoms with E-state index in [0.29, 0.717) is 38.3 Å². The van der Waals surface area contributed by atoms with E-state index >= 15 is 0 Å². The topological polar surface area (TPSA) is 86.7 Å². The van der Waals surface area contributed by atoms with Crippen LogP contribution in [0.1, 0.15) is 32.1 Å². The van der Waals surface area contributed by atoms with Crippen LogP contribution in [0.15, 0.2) is 0 Å². The van der Waals surface area contributed by atoms with Crippen molar-refractivity contribution in [2.75, 3.05) is 26.7 Å². The first-order chi connectivity index (χ1) is 9.46. The van der Waals surface area contributed by atoms with E-state index < -0.39 is 27.2 Å². The van der Waals surface area contributed by atoms with Crippen molar-refractivity contribution in [3.63, 3.8) is 0 Å². The second kappa shape index (κ2) is 6.41. The van der Waals surface area contributed by atoms with E-state index in [1.807, 2.05) is 7.05 Å². The summed E-state index contributed by atoms with van der Waals surface area (Å²) in [4.78, 5) is 11.2. The molecule has 0 aromatic rings. The molecule has 1 saturated carbocycles. The lowest BCUT2D eigenvalue weighted by molar-refractivity contribution is -0.141. The molecule has 2 fully saturated rings. The normalized spacial score (nSPS) is 32.4. The lowest BCUT2D eigenvalue weighted by atomic mass is 10.00. The molecule has 116 valence electrons. The molecular weight excluding hydrogens is 280 g/mol. The van der Waals surface area contributed by atoms with Gasteiger partial charge in [-0.3, -0.25) is 4.79 Å². The van der Waals surface area contributed by atoms with E-state index in [1.54, 1.807) is 0 Å². The molecule has 3 atom stereocenters. The fourth-order valence-corrected chi connectivity index (χ4v) is 5.79. The molecule has 0 spiro atoms. The van der Waals surface area contributed by atoms with Gasteiger partial charge < -0.3 is 10.4 Å². The van der Waals surface area contributed by atoms with Crippen molar-refractivity contribution in [1.29, 1.82) is 0 Å². The van der Waals surface area contributed by atoms with Crippen LogP contribution in [0.5, 0.6) is 0 Å². The Bertz CT molecular complexity index is 449. The first-order valence-corrected chi connectivity index (χ1v) is 8.83. The summed E-state index contributed by atoms with van der Waals surface area (Å²) in [6.07, 6.45) is 3.53. The van der Waals surface area contributed by atoms with Crippen molar-refractivity contribution in [3.8, 4) is 0 Å². The number of carbonyl (C=O) groups is 1. The lowest BCUT2D eigenvalue weighted by Gasteiger charge is -2.34. The molecule has 2 N–H and O–H groups in total. The minimum Gasteiger partial charge on any atom is -0.481 e. The molecule has 20 heavy (non-hydrogen) atoms. The van der Waals surface area contributed by atoms with Gasteiger partial charge in [-0.25, -0.2) is 12.7 Å². The second-order valence-corrected chi connectivity index (χ2v) is 8.03. The van der Waals surface area contributed by atoms with Crippen molar-refractivity contribution in [3.05, 3.63) is 0 Å². The van der Waals surface area contributed by atoms with Gasteiger partial charge in [0.25, 0.3) is 0 Å². The minimum absolute atomic E-state index is 0.327. The summed E-state index contributed by atoms with van der Waals surface area (Å²) in [5.41, 5.74) is 0. The second-order valence-electron chi connectivity index (χ2n) is 5.88. The number of aliphatic carboxylic acids is 1. The van der Waals surface area contributed by atoms with Crippen molar-refractivity contribution in [2.45, 2.75) is 37.4 Å². The third-order valence-electron chi connectivity index (χ3n) is 4.49. The molecule has 0 aromatic heterocycles. The van der Waals surface area contributed by atoms with Gasteiger partial charge in [0, 0.05) is 13.1 Å². The number of carboxylic acids is 1. The Morgan fingerprint density at radius 1 is 1.30 bits per heavy atom. The maximum absolute atomic E-state index is 12.7. The third-order valence-corrected chi connectivity index (χ3v) is 6.87. The highest BCUT2D eigenvalue weighted by molar-refractivity contribution is 7.89. The number of carboxylic acid groups (broad SMARTS) is 1. The number of sulfonamides is 1. The molecule has 0 radical (unpaired) electrons. The molecule has 2 rings (SSSR count). The van der Waals surface area contributed by atoms with E-state index in [0.717, 1.165) is 19.4 Å². The summed E-state index contributed by atoms with van der Waals surface area (Å²) in [5, 5.41) is 11.6. The van der Waals surface area contributed by atoms with Gasteiger partial charge in [0.2, 0.25) is 10.0 Å².